The number of hydrogen-bond donors (Lipinski definition) is 0. The molecule has 0 fully saturated rings. The van der Waals surface area contributed by atoms with E-state index in [0.717, 1.165) is 0 Å². The molecule has 0 aliphatic carbocycles. The molecule has 1 aromatic rings. The van der Waals surface area contributed by atoms with Crippen LogP contribution in [0.15, 0.2) is 24.3 Å². The molecule has 88 valence electrons. The summed E-state index contributed by atoms with van der Waals surface area (Å²) in [6.45, 7) is 7.77. The zero-order chi connectivity index (χ0) is 12.1. The van der Waals surface area contributed by atoms with E-state index in [1.54, 1.807) is 6.92 Å². The fourth-order valence-electron chi connectivity index (χ4n) is 1.70. The molecule has 0 N–H and O–H groups in total. The molecule has 0 aromatic heterocycles. The molecule has 0 saturated carbocycles. The Kier molecular flexibility index (Phi) is 8.42. The minimum atomic E-state index is -0.257. The predicted molar refractivity (Wildman–Crippen MR) is 65.1 cm³/mol. The van der Waals surface area contributed by atoms with Gasteiger partial charge < -0.3 is 4.74 Å². The number of carbonyl (C=O) groups excluding carboxylic acids is 1. The summed E-state index contributed by atoms with van der Waals surface area (Å²) < 4.78 is 5.28. The van der Waals surface area contributed by atoms with Gasteiger partial charge in [-0.05, 0) is 25.0 Å². The van der Waals surface area contributed by atoms with Gasteiger partial charge in [0.2, 0.25) is 0 Å². The van der Waals surface area contributed by atoms with Gasteiger partial charge >= 0.3 is 51.4 Å². The Hall–Kier alpha value is 0.196. The van der Waals surface area contributed by atoms with Gasteiger partial charge in [0.25, 0.3) is 0 Å². The second-order valence-corrected chi connectivity index (χ2v) is 4.08. The van der Waals surface area contributed by atoms with Gasteiger partial charge in [-0.2, -0.15) is 6.92 Å². The van der Waals surface area contributed by atoms with Gasteiger partial charge in [-0.3, -0.25) is 11.2 Å². The van der Waals surface area contributed by atoms with Crippen molar-refractivity contribution in [2.75, 3.05) is 0 Å². The molecule has 0 amide bonds. The Balaban J connectivity index is 0.00000256. The largest absolute Gasteiger partial charge is 1.00 e. The average molecular weight is 258 g/mol. The number of benzene rings is 1. The van der Waals surface area contributed by atoms with Crippen molar-refractivity contribution < 1.29 is 60.9 Å². The third-order valence-corrected chi connectivity index (χ3v) is 2.92. The Morgan fingerprint density at radius 3 is 2.41 bits per heavy atom. The summed E-state index contributed by atoms with van der Waals surface area (Å²) in [6.07, 6.45) is 1.34. The third-order valence-electron chi connectivity index (χ3n) is 2.92. The molecule has 0 radical (unpaired) electrons. The van der Waals surface area contributed by atoms with Crippen LogP contribution in [0.1, 0.15) is 37.8 Å². The fourth-order valence-corrected chi connectivity index (χ4v) is 1.70. The molecule has 2 atom stereocenters. The van der Waals surface area contributed by atoms with E-state index in [4.69, 9.17) is 4.74 Å². The monoisotopic (exact) mass is 258 g/mol. The Morgan fingerprint density at radius 2 is 1.88 bits per heavy atom. The molecule has 0 bridgehead atoms. The van der Waals surface area contributed by atoms with E-state index >= 15 is 0 Å². The predicted octanol–water partition coefficient (Wildman–Crippen LogP) is 0.258. The van der Waals surface area contributed by atoms with Crippen LogP contribution in [-0.2, 0) is 9.53 Å². The summed E-state index contributed by atoms with van der Waals surface area (Å²) in [7, 11) is 0. The van der Waals surface area contributed by atoms with Crippen molar-refractivity contribution in [1.29, 1.82) is 0 Å². The molecule has 0 heterocycles. The Labute approximate surface area is 147 Å². The molecular weight excluding hydrogens is 239 g/mol. The topological polar surface area (TPSA) is 26.3 Å². The van der Waals surface area contributed by atoms with Crippen LogP contribution in [0.4, 0.5) is 0 Å². The van der Waals surface area contributed by atoms with Gasteiger partial charge in [-0.25, -0.2) is 0 Å². The fraction of sp³-hybridized carbons (Fsp3) is 0.429. The standard InChI is InChI=1S/C14H19O2.K/c1-5-14(15)16-12(4)11(3)13-9-7-6-8-10(13)2;/h5-9,11-12H,1-4H3;/q-1;+1/t11-,12?;/m1./s1. The van der Waals surface area contributed by atoms with Crippen molar-refractivity contribution in [3.05, 3.63) is 41.8 Å². The molecule has 0 spiro atoms. The first-order valence-electron chi connectivity index (χ1n) is 5.61. The summed E-state index contributed by atoms with van der Waals surface area (Å²) in [6, 6.07) is 8.19. The Morgan fingerprint density at radius 1 is 1.29 bits per heavy atom. The van der Waals surface area contributed by atoms with E-state index < -0.39 is 0 Å². The molecule has 17 heavy (non-hydrogen) atoms. The quantitative estimate of drug-likeness (QED) is 0.440. The van der Waals surface area contributed by atoms with Crippen LogP contribution >= 0.6 is 0 Å². The van der Waals surface area contributed by atoms with E-state index in [-0.39, 0.29) is 69.4 Å². The van der Waals surface area contributed by atoms with Crippen LogP contribution in [0.3, 0.4) is 0 Å². The molecule has 0 aliphatic rings. The zero-order valence-corrected chi connectivity index (χ0v) is 14.5. The number of carbonyl (C=O) groups is 1. The minimum Gasteiger partial charge on any atom is -0.485 e. The maximum atomic E-state index is 11.2. The van der Waals surface area contributed by atoms with Crippen molar-refractivity contribution in [2.45, 2.75) is 39.7 Å². The van der Waals surface area contributed by atoms with Gasteiger partial charge in [0.1, 0.15) is 6.10 Å². The van der Waals surface area contributed by atoms with Crippen LogP contribution in [0.2, 0.25) is 0 Å². The van der Waals surface area contributed by atoms with Crippen molar-refractivity contribution in [1.82, 2.24) is 0 Å². The van der Waals surface area contributed by atoms with Crippen LogP contribution < -0.4 is 51.4 Å². The van der Waals surface area contributed by atoms with Gasteiger partial charge in [0.05, 0.1) is 0 Å². The van der Waals surface area contributed by atoms with Crippen molar-refractivity contribution >= 4 is 5.97 Å². The first kappa shape index (κ1) is 17.2. The molecular formula is C14H19KO2. The van der Waals surface area contributed by atoms with Crippen molar-refractivity contribution in [2.24, 2.45) is 0 Å². The number of esters is 1. The molecule has 1 aromatic carbocycles. The average Bonchev–Trinajstić information content (AvgIpc) is 2.28. The minimum absolute atomic E-state index is 0. The van der Waals surface area contributed by atoms with Gasteiger partial charge in [0, 0.05) is 5.92 Å². The van der Waals surface area contributed by atoms with Crippen molar-refractivity contribution in [3.63, 3.8) is 0 Å². The summed E-state index contributed by atoms with van der Waals surface area (Å²) in [5, 5.41) is 0. The van der Waals surface area contributed by atoms with E-state index in [0.29, 0.717) is 0 Å². The number of aryl methyl sites for hydroxylation is 1. The maximum Gasteiger partial charge on any atom is 1.00 e. The summed E-state index contributed by atoms with van der Waals surface area (Å²) in [4.78, 5) is 11.2. The van der Waals surface area contributed by atoms with E-state index in [1.807, 2.05) is 19.1 Å². The smallest absolute Gasteiger partial charge is 0.485 e. The van der Waals surface area contributed by atoms with Crippen molar-refractivity contribution in [3.8, 4) is 0 Å². The van der Waals surface area contributed by atoms with Crippen LogP contribution in [-0.4, -0.2) is 12.1 Å². The molecule has 0 aliphatic heterocycles. The summed E-state index contributed by atoms with van der Waals surface area (Å²) >= 11 is 0. The number of ether oxygens (including phenoxy) is 1. The number of rotatable bonds is 4. The van der Waals surface area contributed by atoms with E-state index in [9.17, 15) is 4.79 Å². The SMILES string of the molecule is C[CH-]C(=O)OC(C)[C@@H](C)c1ccccc1C.[K+]. The molecule has 1 rings (SSSR count). The molecule has 2 nitrogen and oxygen atoms in total. The normalized spacial score (nSPS) is 13.2. The molecule has 1 unspecified atom stereocenters. The first-order chi connectivity index (χ1) is 7.56. The second kappa shape index (κ2) is 8.32. The third kappa shape index (κ3) is 5.14. The van der Waals surface area contributed by atoms with E-state index in [1.165, 1.54) is 17.5 Å². The maximum absolute atomic E-state index is 11.2. The van der Waals surface area contributed by atoms with Crippen LogP contribution in [0.5, 0.6) is 0 Å². The molecule has 0 saturated heterocycles. The second-order valence-electron chi connectivity index (χ2n) is 4.08. The van der Waals surface area contributed by atoms with Gasteiger partial charge in [-0.1, -0.05) is 31.2 Å². The Bertz CT molecular complexity index is 363. The molecule has 3 heteroatoms. The van der Waals surface area contributed by atoms with Gasteiger partial charge in [0.15, 0.2) is 5.97 Å². The zero-order valence-electron chi connectivity index (χ0n) is 11.4. The number of hydrogen-bond acceptors (Lipinski definition) is 2. The van der Waals surface area contributed by atoms with Crippen LogP contribution in [0, 0.1) is 13.3 Å². The van der Waals surface area contributed by atoms with E-state index in [2.05, 4.69) is 26.0 Å². The summed E-state index contributed by atoms with van der Waals surface area (Å²) in [5.74, 6) is -0.0435. The first-order valence-corrected chi connectivity index (χ1v) is 5.61. The van der Waals surface area contributed by atoms with Gasteiger partial charge in [-0.15, -0.1) is 0 Å². The van der Waals surface area contributed by atoms with Crippen LogP contribution in [0.25, 0.3) is 0 Å². The summed E-state index contributed by atoms with van der Waals surface area (Å²) in [5.41, 5.74) is 2.47.